The van der Waals surface area contributed by atoms with Gasteiger partial charge in [0.05, 0.1) is 0 Å². The number of anilines is 2. The molecule has 1 atom stereocenters. The van der Waals surface area contributed by atoms with Crippen molar-refractivity contribution in [2.24, 2.45) is 10.9 Å². The standard InChI is InChI=1S/C21H26N4/c1-22-21(25-14-12-18-7-5-6-10-20(18)25)23-15-17-11-13-24(16-17)19-8-3-2-4-9-19/h2-10,17H,11-16H2,1H3,(H,22,23). The van der Waals surface area contributed by atoms with Crippen molar-refractivity contribution in [1.29, 1.82) is 0 Å². The van der Waals surface area contributed by atoms with Gasteiger partial charge in [-0.1, -0.05) is 36.4 Å². The second-order valence-corrected chi connectivity index (χ2v) is 6.89. The van der Waals surface area contributed by atoms with E-state index >= 15 is 0 Å². The van der Waals surface area contributed by atoms with Crippen molar-refractivity contribution in [1.82, 2.24) is 5.32 Å². The summed E-state index contributed by atoms with van der Waals surface area (Å²) < 4.78 is 0. The summed E-state index contributed by atoms with van der Waals surface area (Å²) >= 11 is 0. The molecule has 2 aliphatic heterocycles. The lowest BCUT2D eigenvalue weighted by Crippen LogP contribution is -2.42. The molecular formula is C21H26N4. The van der Waals surface area contributed by atoms with Gasteiger partial charge in [0, 0.05) is 44.6 Å². The summed E-state index contributed by atoms with van der Waals surface area (Å²) in [5, 5.41) is 3.62. The molecule has 130 valence electrons. The number of hydrogen-bond acceptors (Lipinski definition) is 2. The fourth-order valence-corrected chi connectivity index (χ4v) is 3.96. The number of nitrogens with zero attached hydrogens (tertiary/aromatic N) is 3. The van der Waals surface area contributed by atoms with E-state index in [0.717, 1.165) is 38.6 Å². The van der Waals surface area contributed by atoms with Crippen LogP contribution in [0.15, 0.2) is 59.6 Å². The van der Waals surface area contributed by atoms with Gasteiger partial charge in [-0.2, -0.15) is 0 Å². The van der Waals surface area contributed by atoms with E-state index in [4.69, 9.17) is 0 Å². The molecule has 1 N–H and O–H groups in total. The van der Waals surface area contributed by atoms with Gasteiger partial charge in [-0.15, -0.1) is 0 Å². The molecular weight excluding hydrogens is 308 g/mol. The third kappa shape index (κ3) is 3.34. The lowest BCUT2D eigenvalue weighted by atomic mass is 10.1. The minimum Gasteiger partial charge on any atom is -0.371 e. The highest BCUT2D eigenvalue weighted by Crippen LogP contribution is 2.27. The van der Waals surface area contributed by atoms with Crippen molar-refractivity contribution < 1.29 is 0 Å². The van der Waals surface area contributed by atoms with Gasteiger partial charge in [0.1, 0.15) is 0 Å². The van der Waals surface area contributed by atoms with Crippen molar-refractivity contribution in [3.8, 4) is 0 Å². The van der Waals surface area contributed by atoms with Crippen LogP contribution in [0.25, 0.3) is 0 Å². The Labute approximate surface area is 150 Å². The lowest BCUT2D eigenvalue weighted by Gasteiger charge is -2.24. The maximum Gasteiger partial charge on any atom is 0.198 e. The summed E-state index contributed by atoms with van der Waals surface area (Å²) in [7, 11) is 1.88. The van der Waals surface area contributed by atoms with Gasteiger partial charge in [-0.05, 0) is 42.5 Å². The van der Waals surface area contributed by atoms with E-state index in [1.165, 1.54) is 23.4 Å². The SMILES string of the molecule is CN=C(NCC1CCN(c2ccccc2)C1)N1CCc2ccccc21. The summed E-state index contributed by atoms with van der Waals surface area (Å²) in [5.41, 5.74) is 4.05. The Hall–Kier alpha value is -2.49. The molecule has 2 aliphatic rings. The van der Waals surface area contributed by atoms with Crippen molar-refractivity contribution in [2.75, 3.05) is 43.0 Å². The van der Waals surface area contributed by atoms with Crippen molar-refractivity contribution >= 4 is 17.3 Å². The third-order valence-electron chi connectivity index (χ3n) is 5.31. The Bertz CT molecular complexity index is 741. The predicted octanol–water partition coefficient (Wildman–Crippen LogP) is 3.15. The summed E-state index contributed by atoms with van der Waals surface area (Å²) in [6.45, 7) is 4.25. The first-order valence-electron chi connectivity index (χ1n) is 9.21. The number of nitrogens with one attached hydrogen (secondary N) is 1. The van der Waals surface area contributed by atoms with Crippen LogP contribution in [0.2, 0.25) is 0 Å². The molecule has 1 saturated heterocycles. The molecule has 4 rings (SSSR count). The fourth-order valence-electron chi connectivity index (χ4n) is 3.96. The normalized spacial score (nSPS) is 20.0. The van der Waals surface area contributed by atoms with Crippen LogP contribution < -0.4 is 15.1 Å². The number of benzene rings is 2. The molecule has 0 amide bonds. The highest BCUT2D eigenvalue weighted by Gasteiger charge is 2.25. The van der Waals surface area contributed by atoms with Gasteiger partial charge in [0.2, 0.25) is 0 Å². The number of hydrogen-bond donors (Lipinski definition) is 1. The number of para-hydroxylation sites is 2. The van der Waals surface area contributed by atoms with E-state index < -0.39 is 0 Å². The van der Waals surface area contributed by atoms with E-state index in [2.05, 4.69) is 74.7 Å². The largest absolute Gasteiger partial charge is 0.371 e. The Morgan fingerprint density at radius 1 is 1.08 bits per heavy atom. The van der Waals surface area contributed by atoms with Gasteiger partial charge in [0.15, 0.2) is 5.96 Å². The Morgan fingerprint density at radius 3 is 2.72 bits per heavy atom. The molecule has 0 radical (unpaired) electrons. The van der Waals surface area contributed by atoms with Crippen molar-refractivity contribution in [3.05, 3.63) is 60.2 Å². The lowest BCUT2D eigenvalue weighted by molar-refractivity contribution is 0.569. The summed E-state index contributed by atoms with van der Waals surface area (Å²) in [6, 6.07) is 19.4. The minimum absolute atomic E-state index is 0.662. The fraction of sp³-hybridized carbons (Fsp3) is 0.381. The van der Waals surface area contributed by atoms with Crippen LogP contribution in [-0.2, 0) is 6.42 Å². The van der Waals surface area contributed by atoms with Gasteiger partial charge < -0.3 is 15.1 Å². The number of fused-ring (bicyclic) bond motifs is 1. The smallest absolute Gasteiger partial charge is 0.198 e. The van der Waals surface area contributed by atoms with E-state index in [9.17, 15) is 0 Å². The zero-order valence-corrected chi connectivity index (χ0v) is 14.9. The van der Waals surface area contributed by atoms with Gasteiger partial charge >= 0.3 is 0 Å². The second kappa shape index (κ2) is 7.18. The minimum atomic E-state index is 0.662. The Balaban J connectivity index is 1.35. The average molecular weight is 334 g/mol. The monoisotopic (exact) mass is 334 g/mol. The first-order valence-corrected chi connectivity index (χ1v) is 9.21. The molecule has 1 unspecified atom stereocenters. The van der Waals surface area contributed by atoms with E-state index in [1.54, 1.807) is 0 Å². The van der Waals surface area contributed by atoms with Crippen molar-refractivity contribution in [2.45, 2.75) is 12.8 Å². The average Bonchev–Trinajstić information content (AvgIpc) is 3.31. The van der Waals surface area contributed by atoms with Gasteiger partial charge in [0.25, 0.3) is 0 Å². The topological polar surface area (TPSA) is 30.9 Å². The summed E-state index contributed by atoms with van der Waals surface area (Å²) in [4.78, 5) is 9.33. The molecule has 0 aromatic heterocycles. The molecule has 2 aromatic carbocycles. The van der Waals surface area contributed by atoms with Crippen LogP contribution >= 0.6 is 0 Å². The molecule has 2 aromatic rings. The van der Waals surface area contributed by atoms with Crippen LogP contribution in [0.1, 0.15) is 12.0 Å². The Kier molecular flexibility index (Phi) is 4.59. The van der Waals surface area contributed by atoms with Crippen LogP contribution in [0.3, 0.4) is 0 Å². The quantitative estimate of drug-likeness (QED) is 0.691. The van der Waals surface area contributed by atoms with Crippen LogP contribution in [0.5, 0.6) is 0 Å². The molecule has 4 heteroatoms. The van der Waals surface area contributed by atoms with Gasteiger partial charge in [-0.25, -0.2) is 0 Å². The summed E-state index contributed by atoms with van der Waals surface area (Å²) in [6.07, 6.45) is 2.33. The molecule has 0 bridgehead atoms. The Morgan fingerprint density at radius 2 is 1.88 bits per heavy atom. The van der Waals surface area contributed by atoms with Crippen LogP contribution in [-0.4, -0.2) is 39.2 Å². The predicted molar refractivity (Wildman–Crippen MR) is 106 cm³/mol. The number of aliphatic imine (C=N–C) groups is 1. The van der Waals surface area contributed by atoms with Crippen LogP contribution in [0, 0.1) is 5.92 Å². The zero-order chi connectivity index (χ0) is 17.1. The highest BCUT2D eigenvalue weighted by molar-refractivity contribution is 5.97. The van der Waals surface area contributed by atoms with E-state index in [1.807, 2.05) is 7.05 Å². The zero-order valence-electron chi connectivity index (χ0n) is 14.9. The first kappa shape index (κ1) is 16.0. The third-order valence-corrected chi connectivity index (χ3v) is 5.31. The number of guanidine groups is 1. The number of rotatable bonds is 3. The first-order chi connectivity index (χ1) is 12.3. The second-order valence-electron chi connectivity index (χ2n) is 6.89. The van der Waals surface area contributed by atoms with Crippen molar-refractivity contribution in [3.63, 3.8) is 0 Å². The molecule has 0 spiro atoms. The molecule has 25 heavy (non-hydrogen) atoms. The molecule has 0 aliphatic carbocycles. The molecule has 0 saturated carbocycles. The molecule has 4 nitrogen and oxygen atoms in total. The van der Waals surface area contributed by atoms with Crippen LogP contribution in [0.4, 0.5) is 11.4 Å². The highest BCUT2D eigenvalue weighted by atomic mass is 15.3. The van der Waals surface area contributed by atoms with E-state index in [0.29, 0.717) is 5.92 Å². The summed E-state index contributed by atoms with van der Waals surface area (Å²) in [5.74, 6) is 1.66. The maximum absolute atomic E-state index is 4.52. The molecule has 1 fully saturated rings. The van der Waals surface area contributed by atoms with Gasteiger partial charge in [-0.3, -0.25) is 4.99 Å². The maximum atomic E-state index is 4.52. The molecule has 2 heterocycles. The van der Waals surface area contributed by atoms with E-state index in [-0.39, 0.29) is 0 Å².